The SMILES string of the molecule is COC(=O)[C@H](CCCNC(=O)OCc1ccccc1)NC(=O)[C@@H]1CCCN1C(=O)OC(C)(C)C. The molecule has 1 fully saturated rings. The summed E-state index contributed by atoms with van der Waals surface area (Å²) in [6.07, 6.45) is 0.667. The summed E-state index contributed by atoms with van der Waals surface area (Å²) in [5.41, 5.74) is 0.197. The Morgan fingerprint density at radius 2 is 1.85 bits per heavy atom. The maximum Gasteiger partial charge on any atom is 0.410 e. The molecule has 10 nitrogen and oxygen atoms in total. The van der Waals surface area contributed by atoms with Crippen molar-refractivity contribution < 1.29 is 33.4 Å². The smallest absolute Gasteiger partial charge is 0.410 e. The van der Waals surface area contributed by atoms with Gasteiger partial charge < -0.3 is 24.8 Å². The van der Waals surface area contributed by atoms with Crippen LogP contribution in [0.3, 0.4) is 0 Å². The van der Waals surface area contributed by atoms with Gasteiger partial charge in [-0.1, -0.05) is 30.3 Å². The van der Waals surface area contributed by atoms with Crippen molar-refractivity contribution in [2.75, 3.05) is 20.2 Å². The monoisotopic (exact) mass is 477 g/mol. The lowest BCUT2D eigenvalue weighted by Gasteiger charge is -2.28. The molecule has 0 aromatic heterocycles. The number of methoxy groups -OCH3 is 1. The molecule has 1 saturated heterocycles. The van der Waals surface area contributed by atoms with E-state index in [-0.39, 0.29) is 19.6 Å². The number of amides is 3. The maximum absolute atomic E-state index is 12.9. The number of nitrogens with one attached hydrogen (secondary N) is 2. The van der Waals surface area contributed by atoms with E-state index in [2.05, 4.69) is 10.6 Å². The van der Waals surface area contributed by atoms with Crippen molar-refractivity contribution in [3.8, 4) is 0 Å². The van der Waals surface area contributed by atoms with Gasteiger partial charge in [-0.2, -0.15) is 0 Å². The Morgan fingerprint density at radius 1 is 1.15 bits per heavy atom. The van der Waals surface area contributed by atoms with Gasteiger partial charge in [0.15, 0.2) is 0 Å². The number of rotatable bonds is 9. The van der Waals surface area contributed by atoms with Crippen LogP contribution in [0.25, 0.3) is 0 Å². The van der Waals surface area contributed by atoms with Gasteiger partial charge >= 0.3 is 18.2 Å². The molecular formula is C24H35N3O7. The molecule has 2 atom stereocenters. The van der Waals surface area contributed by atoms with E-state index in [1.165, 1.54) is 12.0 Å². The number of nitrogens with zero attached hydrogens (tertiary/aromatic N) is 1. The third-order valence-electron chi connectivity index (χ3n) is 5.14. The quantitative estimate of drug-likeness (QED) is 0.318. The first-order chi connectivity index (χ1) is 16.1. The highest BCUT2D eigenvalue weighted by atomic mass is 16.6. The van der Waals surface area contributed by atoms with E-state index < -0.39 is 41.7 Å². The van der Waals surface area contributed by atoms with Crippen molar-refractivity contribution in [2.24, 2.45) is 0 Å². The lowest BCUT2D eigenvalue weighted by Crippen LogP contribution is -2.52. The summed E-state index contributed by atoms with van der Waals surface area (Å²) in [4.78, 5) is 50.8. The third kappa shape index (κ3) is 8.92. The van der Waals surface area contributed by atoms with Crippen LogP contribution >= 0.6 is 0 Å². The van der Waals surface area contributed by atoms with Gasteiger partial charge in [-0.3, -0.25) is 9.69 Å². The number of benzene rings is 1. The van der Waals surface area contributed by atoms with Gasteiger partial charge in [-0.15, -0.1) is 0 Å². The highest BCUT2D eigenvalue weighted by Crippen LogP contribution is 2.21. The van der Waals surface area contributed by atoms with Crippen LogP contribution in [-0.2, 0) is 30.4 Å². The molecule has 1 aliphatic heterocycles. The Labute approximate surface area is 200 Å². The van der Waals surface area contributed by atoms with Crippen LogP contribution in [-0.4, -0.2) is 66.8 Å². The molecular weight excluding hydrogens is 442 g/mol. The molecule has 188 valence electrons. The van der Waals surface area contributed by atoms with Crippen LogP contribution in [0.1, 0.15) is 52.0 Å². The molecule has 0 saturated carbocycles. The second-order valence-corrected chi connectivity index (χ2v) is 9.05. The minimum atomic E-state index is -0.902. The van der Waals surface area contributed by atoms with Gasteiger partial charge in [-0.05, 0) is 52.0 Å². The predicted octanol–water partition coefficient (Wildman–Crippen LogP) is 2.75. The Morgan fingerprint density at radius 3 is 2.50 bits per heavy atom. The lowest BCUT2D eigenvalue weighted by molar-refractivity contribution is -0.145. The fraction of sp³-hybridized carbons (Fsp3) is 0.583. The Bertz CT molecular complexity index is 839. The second-order valence-electron chi connectivity index (χ2n) is 9.05. The first kappa shape index (κ1) is 26.9. The first-order valence-corrected chi connectivity index (χ1v) is 11.4. The van der Waals surface area contributed by atoms with Gasteiger partial charge in [0.25, 0.3) is 0 Å². The number of carbonyl (C=O) groups is 4. The zero-order valence-electron chi connectivity index (χ0n) is 20.3. The second kappa shape index (κ2) is 12.8. The van der Waals surface area contributed by atoms with E-state index in [1.54, 1.807) is 20.8 Å². The fourth-order valence-electron chi connectivity index (χ4n) is 3.51. The van der Waals surface area contributed by atoms with Crippen molar-refractivity contribution in [3.63, 3.8) is 0 Å². The van der Waals surface area contributed by atoms with Gasteiger partial charge in [0.05, 0.1) is 7.11 Å². The number of likely N-dealkylation sites (tertiary alicyclic amines) is 1. The number of carbonyl (C=O) groups excluding carboxylic acids is 4. The molecule has 0 bridgehead atoms. The van der Waals surface area contributed by atoms with Gasteiger partial charge in [0, 0.05) is 13.1 Å². The molecule has 0 radical (unpaired) electrons. The number of hydrogen-bond donors (Lipinski definition) is 2. The summed E-state index contributed by atoms with van der Waals surface area (Å²) >= 11 is 0. The van der Waals surface area contributed by atoms with Gasteiger partial charge in [-0.25, -0.2) is 14.4 Å². The minimum Gasteiger partial charge on any atom is -0.467 e. The molecule has 1 aromatic rings. The van der Waals surface area contributed by atoms with Crippen LogP contribution in [0.2, 0.25) is 0 Å². The van der Waals surface area contributed by atoms with E-state index >= 15 is 0 Å². The van der Waals surface area contributed by atoms with Crippen molar-refractivity contribution in [1.82, 2.24) is 15.5 Å². The molecule has 2 N–H and O–H groups in total. The van der Waals surface area contributed by atoms with Crippen molar-refractivity contribution in [2.45, 2.75) is 70.7 Å². The molecule has 1 heterocycles. The Hall–Kier alpha value is -3.30. The van der Waals surface area contributed by atoms with E-state index in [1.807, 2.05) is 30.3 Å². The molecule has 10 heteroatoms. The van der Waals surface area contributed by atoms with Crippen molar-refractivity contribution in [1.29, 1.82) is 0 Å². The lowest BCUT2D eigenvalue weighted by atomic mass is 10.1. The first-order valence-electron chi connectivity index (χ1n) is 11.4. The molecule has 1 aromatic carbocycles. The summed E-state index contributed by atoms with van der Waals surface area (Å²) in [6, 6.07) is 7.68. The molecule has 1 aliphatic rings. The Balaban J connectivity index is 1.81. The summed E-state index contributed by atoms with van der Waals surface area (Å²) in [6.45, 7) is 6.09. The van der Waals surface area contributed by atoms with Crippen LogP contribution < -0.4 is 10.6 Å². The number of esters is 1. The standard InChI is InChI=1S/C24H35N3O7/c1-24(2,3)34-23(31)27-15-9-13-19(27)20(28)26-18(21(29)32-4)12-8-14-25-22(30)33-16-17-10-6-5-7-11-17/h5-7,10-11,18-19H,8-9,12-16H2,1-4H3,(H,25,30)(H,26,28)/t18-,19-/m0/s1. The minimum absolute atomic E-state index is 0.156. The fourth-order valence-corrected chi connectivity index (χ4v) is 3.51. The average Bonchev–Trinajstić information content (AvgIpc) is 3.29. The van der Waals surface area contributed by atoms with Crippen LogP contribution in [0.5, 0.6) is 0 Å². The van der Waals surface area contributed by atoms with Crippen LogP contribution in [0.15, 0.2) is 30.3 Å². The largest absolute Gasteiger partial charge is 0.467 e. The van der Waals surface area contributed by atoms with Crippen LogP contribution in [0.4, 0.5) is 9.59 Å². The highest BCUT2D eigenvalue weighted by Gasteiger charge is 2.38. The third-order valence-corrected chi connectivity index (χ3v) is 5.14. The maximum atomic E-state index is 12.9. The number of hydrogen-bond acceptors (Lipinski definition) is 7. The summed E-state index contributed by atoms with van der Waals surface area (Å²) in [5.74, 6) is -1.03. The van der Waals surface area contributed by atoms with E-state index in [0.29, 0.717) is 25.8 Å². The van der Waals surface area contributed by atoms with Crippen molar-refractivity contribution >= 4 is 24.1 Å². The summed E-state index contributed by atoms with van der Waals surface area (Å²) in [5, 5.41) is 5.31. The molecule has 34 heavy (non-hydrogen) atoms. The summed E-state index contributed by atoms with van der Waals surface area (Å²) < 4.78 is 15.3. The highest BCUT2D eigenvalue weighted by molar-refractivity contribution is 5.90. The average molecular weight is 478 g/mol. The zero-order valence-corrected chi connectivity index (χ0v) is 20.3. The molecule has 0 aliphatic carbocycles. The predicted molar refractivity (Wildman–Crippen MR) is 124 cm³/mol. The topological polar surface area (TPSA) is 123 Å². The van der Waals surface area contributed by atoms with Crippen LogP contribution in [0, 0.1) is 0 Å². The molecule has 0 spiro atoms. The zero-order chi connectivity index (χ0) is 25.1. The van der Waals surface area contributed by atoms with Crippen molar-refractivity contribution in [3.05, 3.63) is 35.9 Å². The number of ether oxygens (including phenoxy) is 3. The van der Waals surface area contributed by atoms with Gasteiger partial charge in [0.1, 0.15) is 24.3 Å². The number of alkyl carbamates (subject to hydrolysis) is 1. The van der Waals surface area contributed by atoms with E-state index in [4.69, 9.17) is 14.2 Å². The van der Waals surface area contributed by atoms with E-state index in [9.17, 15) is 19.2 Å². The molecule has 2 rings (SSSR count). The summed E-state index contributed by atoms with van der Waals surface area (Å²) in [7, 11) is 1.24. The normalized spacial score (nSPS) is 16.4. The molecule has 3 amide bonds. The van der Waals surface area contributed by atoms with E-state index in [0.717, 1.165) is 5.56 Å². The molecule has 0 unspecified atom stereocenters. The Kier molecular flexibility index (Phi) is 10.2. The van der Waals surface area contributed by atoms with Gasteiger partial charge in [0.2, 0.25) is 5.91 Å².